The lowest BCUT2D eigenvalue weighted by atomic mass is 10.1. The highest BCUT2D eigenvalue weighted by Crippen LogP contribution is 2.14. The molecular formula is C11H16N2. The Hall–Kier alpha value is -1.18. The summed E-state index contributed by atoms with van der Waals surface area (Å²) in [5.74, 6) is 0. The van der Waals surface area contributed by atoms with Crippen molar-refractivity contribution in [2.45, 2.75) is 33.6 Å². The van der Waals surface area contributed by atoms with Crippen molar-refractivity contribution in [3.8, 4) is 0 Å². The topological polar surface area (TPSA) is 25.8 Å². The molecule has 0 unspecified atom stereocenters. The Morgan fingerprint density at radius 3 is 2.85 bits per heavy atom. The van der Waals surface area contributed by atoms with Crippen LogP contribution in [0.25, 0.3) is 6.08 Å². The van der Waals surface area contributed by atoms with Crippen LogP contribution in [-0.2, 0) is 6.42 Å². The lowest BCUT2D eigenvalue weighted by molar-refractivity contribution is 0.886. The first-order chi connectivity index (χ1) is 6.36. The van der Waals surface area contributed by atoms with Gasteiger partial charge in [-0.05, 0) is 25.8 Å². The molecule has 2 heteroatoms. The maximum absolute atomic E-state index is 4.40. The predicted octanol–water partition coefficient (Wildman–Crippen LogP) is 2.77. The molecule has 2 rings (SSSR count). The molecule has 1 aliphatic rings. The number of hydrogen-bond donors (Lipinski definition) is 0. The van der Waals surface area contributed by atoms with Gasteiger partial charge in [0, 0.05) is 6.20 Å². The molecule has 0 N–H and O–H groups in total. The summed E-state index contributed by atoms with van der Waals surface area (Å²) in [6.07, 6.45) is 8.15. The van der Waals surface area contributed by atoms with E-state index in [1.165, 1.54) is 0 Å². The van der Waals surface area contributed by atoms with Gasteiger partial charge in [-0.15, -0.1) is 0 Å². The van der Waals surface area contributed by atoms with E-state index in [1.54, 1.807) is 0 Å². The molecule has 0 spiro atoms. The Bertz CT molecular complexity index is 303. The third-order valence-corrected chi connectivity index (χ3v) is 1.82. The van der Waals surface area contributed by atoms with Gasteiger partial charge in [0.2, 0.25) is 0 Å². The summed E-state index contributed by atoms with van der Waals surface area (Å²) in [6, 6.07) is 0. The van der Waals surface area contributed by atoms with E-state index in [9.17, 15) is 0 Å². The molecule has 13 heavy (non-hydrogen) atoms. The third kappa shape index (κ3) is 2.38. The highest BCUT2D eigenvalue weighted by Gasteiger charge is 2.05. The molecule has 0 saturated heterocycles. The van der Waals surface area contributed by atoms with Crippen LogP contribution in [0.1, 0.15) is 37.4 Å². The van der Waals surface area contributed by atoms with Gasteiger partial charge in [-0.1, -0.05) is 19.9 Å². The van der Waals surface area contributed by atoms with E-state index in [0.29, 0.717) is 0 Å². The summed E-state index contributed by atoms with van der Waals surface area (Å²) < 4.78 is 0. The van der Waals surface area contributed by atoms with Crippen LogP contribution in [0.3, 0.4) is 0 Å². The second-order valence-corrected chi connectivity index (χ2v) is 2.78. The summed E-state index contributed by atoms with van der Waals surface area (Å²) in [5.41, 5.74) is 3.20. The van der Waals surface area contributed by atoms with Gasteiger partial charge in [-0.2, -0.15) is 0 Å². The Morgan fingerprint density at radius 2 is 2.08 bits per heavy atom. The molecule has 0 atom stereocenters. The fourth-order valence-corrected chi connectivity index (χ4v) is 1.27. The van der Waals surface area contributed by atoms with Crippen molar-refractivity contribution < 1.29 is 0 Å². The van der Waals surface area contributed by atoms with Crippen LogP contribution in [0.4, 0.5) is 0 Å². The standard InChI is InChI=1S/C9H10N2.C2H6/c1-7-6-10-8-4-2-3-5-9(8)11-7;1-2/h2,4,6H,3,5H2,1H3;1-2H3. The molecule has 0 saturated carbocycles. The SMILES string of the molecule is CC.Cc1cnc2c(n1)CCC=C2. The second-order valence-electron chi connectivity index (χ2n) is 2.78. The Labute approximate surface area is 79.7 Å². The van der Waals surface area contributed by atoms with Crippen molar-refractivity contribution in [1.82, 2.24) is 9.97 Å². The normalized spacial score (nSPS) is 12.8. The van der Waals surface area contributed by atoms with Crippen molar-refractivity contribution in [3.05, 3.63) is 29.4 Å². The zero-order chi connectivity index (χ0) is 9.68. The molecule has 0 radical (unpaired) electrons. The van der Waals surface area contributed by atoms with E-state index < -0.39 is 0 Å². The number of aryl methyl sites for hydroxylation is 2. The van der Waals surface area contributed by atoms with Crippen LogP contribution in [0.2, 0.25) is 0 Å². The molecule has 0 bridgehead atoms. The fourth-order valence-electron chi connectivity index (χ4n) is 1.27. The molecule has 70 valence electrons. The van der Waals surface area contributed by atoms with Crippen molar-refractivity contribution in [3.63, 3.8) is 0 Å². The van der Waals surface area contributed by atoms with Gasteiger partial charge in [-0.3, -0.25) is 9.97 Å². The smallest absolute Gasteiger partial charge is 0.0842 e. The van der Waals surface area contributed by atoms with Crippen LogP contribution >= 0.6 is 0 Å². The Morgan fingerprint density at radius 1 is 1.31 bits per heavy atom. The molecule has 0 aliphatic heterocycles. The molecule has 1 aromatic heterocycles. The lowest BCUT2D eigenvalue weighted by Crippen LogP contribution is -2.01. The maximum Gasteiger partial charge on any atom is 0.0842 e. The molecule has 0 fully saturated rings. The van der Waals surface area contributed by atoms with E-state index in [0.717, 1.165) is 29.9 Å². The van der Waals surface area contributed by atoms with E-state index in [-0.39, 0.29) is 0 Å². The van der Waals surface area contributed by atoms with E-state index in [4.69, 9.17) is 0 Å². The number of aromatic nitrogens is 2. The van der Waals surface area contributed by atoms with Gasteiger partial charge in [0.1, 0.15) is 0 Å². The first-order valence-electron chi connectivity index (χ1n) is 4.85. The zero-order valence-electron chi connectivity index (χ0n) is 8.54. The number of fused-ring (bicyclic) bond motifs is 1. The predicted molar refractivity (Wildman–Crippen MR) is 55.5 cm³/mol. The first-order valence-corrected chi connectivity index (χ1v) is 4.85. The van der Waals surface area contributed by atoms with Crippen LogP contribution in [0.5, 0.6) is 0 Å². The molecule has 1 aliphatic carbocycles. The number of nitrogens with zero attached hydrogens (tertiary/aromatic N) is 2. The largest absolute Gasteiger partial charge is 0.254 e. The van der Waals surface area contributed by atoms with Gasteiger partial charge < -0.3 is 0 Å². The summed E-state index contributed by atoms with van der Waals surface area (Å²) in [6.45, 7) is 5.98. The van der Waals surface area contributed by atoms with Crippen LogP contribution < -0.4 is 0 Å². The monoisotopic (exact) mass is 176 g/mol. The van der Waals surface area contributed by atoms with Gasteiger partial charge in [-0.25, -0.2) is 0 Å². The van der Waals surface area contributed by atoms with Gasteiger partial charge >= 0.3 is 0 Å². The first kappa shape index (κ1) is 9.90. The van der Waals surface area contributed by atoms with E-state index >= 15 is 0 Å². The van der Waals surface area contributed by atoms with E-state index in [2.05, 4.69) is 16.0 Å². The number of hydrogen-bond acceptors (Lipinski definition) is 2. The van der Waals surface area contributed by atoms with Crippen molar-refractivity contribution in [2.24, 2.45) is 0 Å². The van der Waals surface area contributed by atoms with Crippen LogP contribution in [-0.4, -0.2) is 9.97 Å². The summed E-state index contributed by atoms with van der Waals surface area (Å²) in [7, 11) is 0. The number of allylic oxidation sites excluding steroid dienone is 1. The minimum atomic E-state index is 1.01. The molecule has 1 heterocycles. The van der Waals surface area contributed by atoms with Gasteiger partial charge in [0.05, 0.1) is 17.1 Å². The quantitative estimate of drug-likeness (QED) is 0.607. The Balaban J connectivity index is 0.000000396. The van der Waals surface area contributed by atoms with Crippen LogP contribution in [0, 0.1) is 6.92 Å². The number of rotatable bonds is 0. The van der Waals surface area contributed by atoms with Gasteiger partial charge in [0.25, 0.3) is 0 Å². The summed E-state index contributed by atoms with van der Waals surface area (Å²) in [4.78, 5) is 8.67. The highest BCUT2D eigenvalue weighted by molar-refractivity contribution is 5.49. The summed E-state index contributed by atoms with van der Waals surface area (Å²) in [5, 5.41) is 0. The van der Waals surface area contributed by atoms with Crippen molar-refractivity contribution >= 4 is 6.08 Å². The molecule has 0 amide bonds. The van der Waals surface area contributed by atoms with E-state index in [1.807, 2.05) is 33.0 Å². The zero-order valence-corrected chi connectivity index (χ0v) is 8.54. The van der Waals surface area contributed by atoms with Crippen molar-refractivity contribution in [2.75, 3.05) is 0 Å². The highest BCUT2D eigenvalue weighted by atomic mass is 14.8. The minimum absolute atomic E-state index is 1.01. The fraction of sp³-hybridized carbons (Fsp3) is 0.455. The molecule has 0 aromatic carbocycles. The van der Waals surface area contributed by atoms with Gasteiger partial charge in [0.15, 0.2) is 0 Å². The second kappa shape index (κ2) is 4.75. The summed E-state index contributed by atoms with van der Waals surface area (Å²) >= 11 is 0. The Kier molecular flexibility index (Phi) is 3.62. The molecular weight excluding hydrogens is 160 g/mol. The average Bonchev–Trinajstić information content (AvgIpc) is 2.21. The maximum atomic E-state index is 4.40. The average molecular weight is 176 g/mol. The van der Waals surface area contributed by atoms with Crippen LogP contribution in [0.15, 0.2) is 12.3 Å². The minimum Gasteiger partial charge on any atom is -0.254 e. The lowest BCUT2D eigenvalue weighted by Gasteiger charge is -2.07. The molecule has 1 aromatic rings. The molecule has 2 nitrogen and oxygen atoms in total. The van der Waals surface area contributed by atoms with Crippen molar-refractivity contribution in [1.29, 1.82) is 0 Å². The third-order valence-electron chi connectivity index (χ3n) is 1.82.